The predicted molar refractivity (Wildman–Crippen MR) is 93.8 cm³/mol. The van der Waals surface area contributed by atoms with E-state index in [1.54, 1.807) is 4.68 Å². The van der Waals surface area contributed by atoms with E-state index in [0.717, 1.165) is 16.6 Å². The average Bonchev–Trinajstić information content (AvgIpc) is 3.02. The molecule has 0 aliphatic carbocycles. The largest absolute Gasteiger partial charge is 0.394 e. The van der Waals surface area contributed by atoms with Gasteiger partial charge in [-0.05, 0) is 25.1 Å². The van der Waals surface area contributed by atoms with Crippen LogP contribution in [0.4, 0.5) is 0 Å². The Balaban J connectivity index is 1.74. The van der Waals surface area contributed by atoms with Crippen LogP contribution in [0, 0.1) is 6.92 Å². The van der Waals surface area contributed by atoms with E-state index in [0.29, 0.717) is 24.5 Å². The number of nitrogens with one attached hydrogen (secondary N) is 1. The van der Waals surface area contributed by atoms with Gasteiger partial charge in [-0.2, -0.15) is 5.10 Å². The van der Waals surface area contributed by atoms with Gasteiger partial charge in [0.2, 0.25) is 0 Å². The summed E-state index contributed by atoms with van der Waals surface area (Å²) in [6.45, 7) is 2.80. The van der Waals surface area contributed by atoms with Gasteiger partial charge < -0.3 is 15.2 Å². The van der Waals surface area contributed by atoms with Gasteiger partial charge >= 0.3 is 0 Å². The maximum atomic E-state index is 12.3. The molecule has 0 saturated heterocycles. The van der Waals surface area contributed by atoms with Gasteiger partial charge in [-0.15, -0.1) is 0 Å². The van der Waals surface area contributed by atoms with Crippen molar-refractivity contribution in [2.24, 2.45) is 0 Å². The third kappa shape index (κ3) is 3.84. The zero-order valence-electron chi connectivity index (χ0n) is 14.0. The molecule has 0 spiro atoms. The molecular weight excluding hydrogens is 320 g/mol. The van der Waals surface area contributed by atoms with Crippen LogP contribution in [0.15, 0.2) is 42.6 Å². The number of aromatic nitrogens is 3. The molecular formula is C18H20N4O3. The number of fused-ring (bicyclic) bond motifs is 1. The minimum absolute atomic E-state index is 0.0292. The van der Waals surface area contributed by atoms with Crippen LogP contribution in [-0.4, -0.2) is 52.1 Å². The molecule has 2 N–H and O–H groups in total. The Labute approximate surface area is 145 Å². The number of aliphatic hydroxyl groups excluding tert-OH is 1. The fraction of sp³-hybridized carbons (Fsp3) is 0.278. The first-order valence-corrected chi connectivity index (χ1v) is 8.08. The molecule has 0 radical (unpaired) electrons. The molecule has 7 nitrogen and oxygen atoms in total. The van der Waals surface area contributed by atoms with Gasteiger partial charge in [-0.25, -0.2) is 9.67 Å². The highest BCUT2D eigenvalue weighted by molar-refractivity contribution is 5.95. The number of rotatable bonds is 7. The average molecular weight is 340 g/mol. The molecule has 2 aromatic heterocycles. The number of hydrogen-bond acceptors (Lipinski definition) is 5. The van der Waals surface area contributed by atoms with E-state index in [-0.39, 0.29) is 19.1 Å². The van der Waals surface area contributed by atoms with E-state index in [2.05, 4.69) is 15.4 Å². The van der Waals surface area contributed by atoms with Gasteiger partial charge in [-0.1, -0.05) is 18.2 Å². The normalized spacial score (nSPS) is 11.0. The maximum Gasteiger partial charge on any atom is 0.254 e. The highest BCUT2D eigenvalue weighted by Crippen LogP contribution is 2.17. The molecule has 0 atom stereocenters. The summed E-state index contributed by atoms with van der Waals surface area (Å²) in [6, 6.07) is 11.7. The molecule has 3 rings (SSSR count). The van der Waals surface area contributed by atoms with Crippen LogP contribution in [-0.2, 0) is 4.74 Å². The standard InChI is InChI=1S/C18H20N4O3/c1-13-15(18(24)19-8-10-25-11-9-23)12-20-22(13)17-7-6-14-4-2-3-5-16(14)21-17/h2-7,12,23H,8-11H2,1H3,(H,19,24). The van der Waals surface area contributed by atoms with E-state index >= 15 is 0 Å². The number of nitrogens with zero attached hydrogens (tertiary/aromatic N) is 3. The smallest absolute Gasteiger partial charge is 0.254 e. The van der Waals surface area contributed by atoms with Gasteiger partial charge in [0, 0.05) is 11.9 Å². The van der Waals surface area contributed by atoms with E-state index in [1.807, 2.05) is 43.3 Å². The molecule has 0 unspecified atom stereocenters. The first-order chi connectivity index (χ1) is 12.2. The van der Waals surface area contributed by atoms with Crippen LogP contribution >= 0.6 is 0 Å². The second-order valence-electron chi connectivity index (χ2n) is 5.51. The van der Waals surface area contributed by atoms with Crippen LogP contribution in [0.25, 0.3) is 16.7 Å². The first-order valence-electron chi connectivity index (χ1n) is 8.08. The monoisotopic (exact) mass is 340 g/mol. The molecule has 2 heterocycles. The number of aliphatic hydroxyl groups is 1. The SMILES string of the molecule is Cc1c(C(=O)NCCOCCO)cnn1-c1ccc2ccccc2n1. The first kappa shape index (κ1) is 17.1. The van der Waals surface area contributed by atoms with Gasteiger partial charge in [-0.3, -0.25) is 4.79 Å². The summed E-state index contributed by atoms with van der Waals surface area (Å²) < 4.78 is 6.78. The summed E-state index contributed by atoms with van der Waals surface area (Å²) in [7, 11) is 0. The molecule has 1 aromatic carbocycles. The van der Waals surface area contributed by atoms with E-state index < -0.39 is 0 Å². The zero-order chi connectivity index (χ0) is 17.6. The van der Waals surface area contributed by atoms with Crippen molar-refractivity contribution >= 4 is 16.8 Å². The molecule has 7 heteroatoms. The number of hydrogen-bond donors (Lipinski definition) is 2. The highest BCUT2D eigenvalue weighted by Gasteiger charge is 2.15. The number of carbonyl (C=O) groups is 1. The van der Waals surface area contributed by atoms with Gasteiger partial charge in [0.15, 0.2) is 5.82 Å². The number of benzene rings is 1. The van der Waals surface area contributed by atoms with Crippen molar-refractivity contribution in [1.82, 2.24) is 20.1 Å². The molecule has 130 valence electrons. The summed E-state index contributed by atoms with van der Waals surface area (Å²) in [5, 5.41) is 16.8. The Bertz CT molecular complexity index is 876. The van der Waals surface area contributed by atoms with Crippen molar-refractivity contribution in [3.8, 4) is 5.82 Å². The third-order valence-corrected chi connectivity index (χ3v) is 3.82. The summed E-state index contributed by atoms with van der Waals surface area (Å²) in [5.41, 5.74) is 2.09. The topological polar surface area (TPSA) is 89.3 Å². The van der Waals surface area contributed by atoms with Crippen molar-refractivity contribution < 1.29 is 14.6 Å². The van der Waals surface area contributed by atoms with Crippen LogP contribution in [0.2, 0.25) is 0 Å². The van der Waals surface area contributed by atoms with Crippen LogP contribution < -0.4 is 5.32 Å². The maximum absolute atomic E-state index is 12.3. The second kappa shape index (κ2) is 7.87. The Morgan fingerprint density at radius 2 is 2.08 bits per heavy atom. The van der Waals surface area contributed by atoms with Gasteiger partial charge in [0.25, 0.3) is 5.91 Å². The van der Waals surface area contributed by atoms with Crippen LogP contribution in [0.1, 0.15) is 16.1 Å². The van der Waals surface area contributed by atoms with E-state index in [4.69, 9.17) is 9.84 Å². The van der Waals surface area contributed by atoms with E-state index in [1.165, 1.54) is 6.20 Å². The van der Waals surface area contributed by atoms with Crippen LogP contribution in [0.5, 0.6) is 0 Å². The Morgan fingerprint density at radius 3 is 2.92 bits per heavy atom. The lowest BCUT2D eigenvalue weighted by atomic mass is 10.2. The van der Waals surface area contributed by atoms with Gasteiger partial charge in [0.1, 0.15) is 0 Å². The number of pyridine rings is 1. The molecule has 0 fully saturated rings. The highest BCUT2D eigenvalue weighted by atomic mass is 16.5. The number of para-hydroxylation sites is 1. The summed E-state index contributed by atoms with van der Waals surface area (Å²) in [6.07, 6.45) is 1.54. The molecule has 25 heavy (non-hydrogen) atoms. The third-order valence-electron chi connectivity index (χ3n) is 3.82. The van der Waals surface area contributed by atoms with Crippen molar-refractivity contribution in [2.75, 3.05) is 26.4 Å². The van der Waals surface area contributed by atoms with E-state index in [9.17, 15) is 4.79 Å². The Kier molecular flexibility index (Phi) is 5.37. The number of carbonyl (C=O) groups excluding carboxylic acids is 1. The fourth-order valence-corrected chi connectivity index (χ4v) is 2.54. The lowest BCUT2D eigenvalue weighted by Gasteiger charge is -2.07. The predicted octanol–water partition coefficient (Wildman–Crippen LogP) is 1.47. The molecule has 0 aliphatic heterocycles. The quantitative estimate of drug-likeness (QED) is 0.636. The molecule has 1 amide bonds. The van der Waals surface area contributed by atoms with Gasteiger partial charge in [0.05, 0.1) is 42.8 Å². The second-order valence-corrected chi connectivity index (χ2v) is 5.51. The van der Waals surface area contributed by atoms with Crippen LogP contribution in [0.3, 0.4) is 0 Å². The minimum atomic E-state index is -0.211. The van der Waals surface area contributed by atoms with Crippen molar-refractivity contribution in [3.05, 3.63) is 53.9 Å². The molecule has 0 saturated carbocycles. The lowest BCUT2D eigenvalue weighted by Crippen LogP contribution is -2.28. The Morgan fingerprint density at radius 1 is 1.24 bits per heavy atom. The number of amides is 1. The summed E-state index contributed by atoms with van der Waals surface area (Å²) in [5.74, 6) is 0.457. The molecule has 0 bridgehead atoms. The molecule has 0 aliphatic rings. The zero-order valence-corrected chi connectivity index (χ0v) is 14.0. The van der Waals surface area contributed by atoms with Crippen molar-refractivity contribution in [1.29, 1.82) is 0 Å². The van der Waals surface area contributed by atoms with Crippen molar-refractivity contribution in [2.45, 2.75) is 6.92 Å². The summed E-state index contributed by atoms with van der Waals surface area (Å²) >= 11 is 0. The summed E-state index contributed by atoms with van der Waals surface area (Å²) in [4.78, 5) is 16.9. The Hall–Kier alpha value is -2.77. The lowest BCUT2D eigenvalue weighted by molar-refractivity contribution is 0.0837. The number of ether oxygens (including phenoxy) is 1. The van der Waals surface area contributed by atoms with Crippen molar-refractivity contribution in [3.63, 3.8) is 0 Å². The fourth-order valence-electron chi connectivity index (χ4n) is 2.54. The molecule has 3 aromatic rings. The minimum Gasteiger partial charge on any atom is -0.394 e.